The molecule has 1 aliphatic rings. The van der Waals surface area contributed by atoms with Crippen LogP contribution in [0.15, 0.2) is 66.7 Å². The second-order valence-corrected chi connectivity index (χ2v) is 6.41. The van der Waals surface area contributed by atoms with E-state index in [0.29, 0.717) is 0 Å². The first-order chi connectivity index (χ1) is 11.2. The SMILES string of the molecule is CN1Cc2ccccc2C(C#N)(c2ccc3ccccc3c2)C1. The van der Waals surface area contributed by atoms with Gasteiger partial charge in [-0.15, -0.1) is 0 Å². The van der Waals surface area contributed by atoms with Gasteiger partial charge in [0.05, 0.1) is 6.07 Å². The van der Waals surface area contributed by atoms with Crippen LogP contribution in [0.25, 0.3) is 10.8 Å². The molecule has 0 radical (unpaired) electrons. The van der Waals surface area contributed by atoms with Gasteiger partial charge < -0.3 is 0 Å². The van der Waals surface area contributed by atoms with Crippen LogP contribution in [0, 0.1) is 11.3 Å². The predicted octanol–water partition coefficient (Wildman–Crippen LogP) is 4.09. The summed E-state index contributed by atoms with van der Waals surface area (Å²) in [5.74, 6) is 0. The quantitative estimate of drug-likeness (QED) is 0.676. The minimum absolute atomic E-state index is 0.604. The summed E-state index contributed by atoms with van der Waals surface area (Å²) in [6.45, 7) is 1.62. The highest BCUT2D eigenvalue weighted by Gasteiger charge is 2.40. The first-order valence-corrected chi connectivity index (χ1v) is 7.90. The minimum atomic E-state index is -0.604. The summed E-state index contributed by atoms with van der Waals surface area (Å²) >= 11 is 0. The highest BCUT2D eigenvalue weighted by molar-refractivity contribution is 5.83. The number of nitrogens with zero attached hydrogens (tertiary/aromatic N) is 2. The fraction of sp³-hybridized carbons (Fsp3) is 0.190. The normalized spacial score (nSPS) is 20.9. The molecule has 0 saturated heterocycles. The highest BCUT2D eigenvalue weighted by Crippen LogP contribution is 2.39. The van der Waals surface area contributed by atoms with E-state index in [2.05, 4.69) is 66.5 Å². The Morgan fingerprint density at radius 2 is 1.70 bits per heavy atom. The summed E-state index contributed by atoms with van der Waals surface area (Å²) in [4.78, 5) is 2.24. The van der Waals surface area contributed by atoms with E-state index in [9.17, 15) is 5.26 Å². The lowest BCUT2D eigenvalue weighted by Crippen LogP contribution is -2.43. The molecule has 23 heavy (non-hydrogen) atoms. The molecule has 112 valence electrons. The lowest BCUT2D eigenvalue weighted by molar-refractivity contribution is 0.267. The molecular weight excluding hydrogens is 280 g/mol. The van der Waals surface area contributed by atoms with E-state index >= 15 is 0 Å². The molecule has 0 aromatic heterocycles. The standard InChI is InChI=1S/C21H18N2/c1-23-13-18-8-4-5-9-20(18)21(14-22,15-23)19-11-10-16-6-2-3-7-17(16)12-19/h2-12H,13,15H2,1H3. The maximum Gasteiger partial charge on any atom is 0.120 e. The molecule has 0 spiro atoms. The van der Waals surface area contributed by atoms with Crippen molar-refractivity contribution >= 4 is 10.8 Å². The average molecular weight is 298 g/mol. The molecule has 0 amide bonds. The molecule has 1 atom stereocenters. The van der Waals surface area contributed by atoms with Gasteiger partial charge in [0.15, 0.2) is 0 Å². The van der Waals surface area contributed by atoms with Gasteiger partial charge in [0.1, 0.15) is 5.41 Å². The Hall–Kier alpha value is -2.63. The van der Waals surface area contributed by atoms with Crippen LogP contribution < -0.4 is 0 Å². The first-order valence-electron chi connectivity index (χ1n) is 7.90. The van der Waals surface area contributed by atoms with Crippen molar-refractivity contribution in [2.24, 2.45) is 0 Å². The third-order valence-corrected chi connectivity index (χ3v) is 4.86. The Labute approximate surface area is 136 Å². The number of rotatable bonds is 1. The molecule has 1 aliphatic heterocycles. The zero-order chi connectivity index (χ0) is 15.9. The lowest BCUT2D eigenvalue weighted by Gasteiger charge is -2.38. The summed E-state index contributed by atoms with van der Waals surface area (Å²) in [5, 5.41) is 12.6. The van der Waals surface area contributed by atoms with Crippen LogP contribution in [0.1, 0.15) is 16.7 Å². The van der Waals surface area contributed by atoms with E-state index in [4.69, 9.17) is 0 Å². The van der Waals surface area contributed by atoms with Crippen molar-refractivity contribution in [1.29, 1.82) is 5.26 Å². The third-order valence-electron chi connectivity index (χ3n) is 4.86. The fourth-order valence-corrected chi connectivity index (χ4v) is 3.77. The van der Waals surface area contributed by atoms with Gasteiger partial charge in [0.2, 0.25) is 0 Å². The average Bonchev–Trinajstić information content (AvgIpc) is 2.60. The summed E-state index contributed by atoms with van der Waals surface area (Å²) in [5.41, 5.74) is 2.87. The molecule has 2 nitrogen and oxygen atoms in total. The molecule has 1 unspecified atom stereocenters. The molecule has 0 aliphatic carbocycles. The van der Waals surface area contributed by atoms with E-state index in [0.717, 1.165) is 24.2 Å². The van der Waals surface area contributed by atoms with Crippen LogP contribution in [0.4, 0.5) is 0 Å². The Morgan fingerprint density at radius 1 is 0.957 bits per heavy atom. The molecule has 3 aromatic carbocycles. The number of hydrogen-bond acceptors (Lipinski definition) is 2. The molecule has 0 fully saturated rings. The van der Waals surface area contributed by atoms with Gasteiger partial charge >= 0.3 is 0 Å². The molecule has 0 N–H and O–H groups in total. The number of likely N-dealkylation sites (N-methyl/N-ethyl adjacent to an activating group) is 1. The van der Waals surface area contributed by atoms with Crippen LogP contribution in [-0.2, 0) is 12.0 Å². The lowest BCUT2D eigenvalue weighted by atomic mass is 9.71. The monoisotopic (exact) mass is 298 g/mol. The summed E-state index contributed by atoms with van der Waals surface area (Å²) < 4.78 is 0. The maximum atomic E-state index is 10.2. The fourth-order valence-electron chi connectivity index (χ4n) is 3.77. The van der Waals surface area contributed by atoms with Gasteiger partial charge in [0, 0.05) is 13.1 Å². The zero-order valence-corrected chi connectivity index (χ0v) is 13.2. The van der Waals surface area contributed by atoms with Gasteiger partial charge in [-0.3, -0.25) is 4.90 Å². The van der Waals surface area contributed by atoms with E-state index in [-0.39, 0.29) is 0 Å². The topological polar surface area (TPSA) is 27.0 Å². The Balaban J connectivity index is 1.98. The van der Waals surface area contributed by atoms with E-state index in [1.807, 2.05) is 18.2 Å². The minimum Gasteiger partial charge on any atom is -0.300 e. The number of nitriles is 1. The molecule has 2 heteroatoms. The zero-order valence-electron chi connectivity index (χ0n) is 13.2. The van der Waals surface area contributed by atoms with Gasteiger partial charge in [-0.25, -0.2) is 0 Å². The Kier molecular flexibility index (Phi) is 3.18. The van der Waals surface area contributed by atoms with Crippen molar-refractivity contribution in [3.63, 3.8) is 0 Å². The van der Waals surface area contributed by atoms with Crippen molar-refractivity contribution in [3.8, 4) is 6.07 Å². The van der Waals surface area contributed by atoms with Gasteiger partial charge in [0.25, 0.3) is 0 Å². The van der Waals surface area contributed by atoms with Crippen LogP contribution >= 0.6 is 0 Å². The van der Waals surface area contributed by atoms with Crippen LogP contribution in [0.2, 0.25) is 0 Å². The van der Waals surface area contributed by atoms with Crippen molar-refractivity contribution in [1.82, 2.24) is 4.90 Å². The Morgan fingerprint density at radius 3 is 2.52 bits per heavy atom. The van der Waals surface area contributed by atoms with Gasteiger partial charge in [-0.1, -0.05) is 60.7 Å². The van der Waals surface area contributed by atoms with Crippen molar-refractivity contribution in [3.05, 3.63) is 83.4 Å². The predicted molar refractivity (Wildman–Crippen MR) is 93.1 cm³/mol. The molecule has 0 saturated carbocycles. The number of benzene rings is 3. The summed E-state index contributed by atoms with van der Waals surface area (Å²) in [7, 11) is 2.09. The summed E-state index contributed by atoms with van der Waals surface area (Å²) in [6.07, 6.45) is 0. The first kappa shape index (κ1) is 14.0. The largest absolute Gasteiger partial charge is 0.300 e. The van der Waals surface area contributed by atoms with Crippen LogP contribution in [0.3, 0.4) is 0 Å². The number of hydrogen-bond donors (Lipinski definition) is 0. The van der Waals surface area contributed by atoms with Crippen molar-refractivity contribution < 1.29 is 0 Å². The van der Waals surface area contributed by atoms with E-state index < -0.39 is 5.41 Å². The molecule has 1 heterocycles. The van der Waals surface area contributed by atoms with E-state index in [1.165, 1.54) is 16.3 Å². The van der Waals surface area contributed by atoms with Crippen LogP contribution in [-0.4, -0.2) is 18.5 Å². The third kappa shape index (κ3) is 2.13. The molecule has 4 rings (SSSR count). The molecule has 0 bridgehead atoms. The van der Waals surface area contributed by atoms with Crippen molar-refractivity contribution in [2.45, 2.75) is 12.0 Å². The van der Waals surface area contributed by atoms with Gasteiger partial charge in [-0.05, 0) is 40.6 Å². The molecule has 3 aromatic rings. The summed E-state index contributed by atoms with van der Waals surface area (Å²) in [6, 6.07) is 25.7. The van der Waals surface area contributed by atoms with E-state index in [1.54, 1.807) is 0 Å². The second kappa shape index (κ2) is 5.22. The van der Waals surface area contributed by atoms with Gasteiger partial charge in [-0.2, -0.15) is 5.26 Å². The van der Waals surface area contributed by atoms with Crippen molar-refractivity contribution in [2.75, 3.05) is 13.6 Å². The molecular formula is C21H18N2. The van der Waals surface area contributed by atoms with Crippen LogP contribution in [0.5, 0.6) is 0 Å². The smallest absolute Gasteiger partial charge is 0.120 e. The highest BCUT2D eigenvalue weighted by atomic mass is 15.1. The number of fused-ring (bicyclic) bond motifs is 2. The second-order valence-electron chi connectivity index (χ2n) is 6.41. The maximum absolute atomic E-state index is 10.2. The Bertz CT molecular complexity index is 922.